The summed E-state index contributed by atoms with van der Waals surface area (Å²) in [7, 11) is 1.44. The lowest BCUT2D eigenvalue weighted by Gasteiger charge is -2.07. The summed E-state index contributed by atoms with van der Waals surface area (Å²) in [6.45, 7) is 0.171. The zero-order chi connectivity index (χ0) is 12.2. The Bertz CT molecular complexity index is 499. The second kappa shape index (κ2) is 5.91. The molecule has 0 bridgehead atoms. The normalized spacial score (nSPS) is 11.9. The maximum absolute atomic E-state index is 11.3. The van der Waals surface area contributed by atoms with E-state index in [-0.39, 0.29) is 17.3 Å². The van der Waals surface area contributed by atoms with Crippen LogP contribution in [-0.2, 0) is 9.05 Å². The number of hydrogen-bond acceptors (Lipinski definition) is 3. The molecular formula is C9H7BrCl2O3S. The fourth-order valence-corrected chi connectivity index (χ4v) is 2.55. The smallest absolute Gasteiger partial charge is 0.265 e. The zero-order valence-electron chi connectivity index (χ0n) is 7.86. The van der Waals surface area contributed by atoms with E-state index in [2.05, 4.69) is 15.9 Å². The molecule has 0 aromatic heterocycles. The molecule has 0 N–H and O–H groups in total. The van der Waals surface area contributed by atoms with Crippen LogP contribution in [0.25, 0.3) is 0 Å². The predicted octanol–water partition coefficient (Wildman–Crippen LogP) is 3.51. The maximum atomic E-state index is 11.3. The van der Waals surface area contributed by atoms with Gasteiger partial charge in [-0.15, -0.1) is 0 Å². The Morgan fingerprint density at radius 2 is 2.12 bits per heavy atom. The van der Waals surface area contributed by atoms with Crippen molar-refractivity contribution in [2.75, 3.05) is 6.61 Å². The van der Waals surface area contributed by atoms with Crippen LogP contribution in [0, 0.1) is 0 Å². The Hall–Kier alpha value is -0.230. The fourth-order valence-electron chi connectivity index (χ4n) is 0.966. The molecule has 0 saturated carbocycles. The highest BCUT2D eigenvalue weighted by molar-refractivity contribution is 9.10. The van der Waals surface area contributed by atoms with Crippen LogP contribution in [0.5, 0.6) is 5.75 Å². The number of hydrogen-bond donors (Lipinski definition) is 0. The van der Waals surface area contributed by atoms with E-state index in [0.717, 1.165) is 0 Å². The summed E-state index contributed by atoms with van der Waals surface area (Å²) in [6, 6.07) is 4.55. The zero-order valence-corrected chi connectivity index (χ0v) is 11.8. The first kappa shape index (κ1) is 13.8. The quantitative estimate of drug-likeness (QED) is 0.784. The van der Waals surface area contributed by atoms with Gasteiger partial charge in [-0.2, -0.15) is 0 Å². The molecule has 0 heterocycles. The van der Waals surface area contributed by atoms with Crippen molar-refractivity contribution in [1.29, 1.82) is 0 Å². The fraction of sp³-hybridized carbons (Fsp3) is 0.111. The van der Waals surface area contributed by atoms with Gasteiger partial charge in [0.1, 0.15) is 17.3 Å². The first-order valence-electron chi connectivity index (χ1n) is 4.07. The Labute approximate surface area is 112 Å². The van der Waals surface area contributed by atoms with Gasteiger partial charge in [0, 0.05) is 20.7 Å². The highest BCUT2D eigenvalue weighted by atomic mass is 79.9. The summed E-state index contributed by atoms with van der Waals surface area (Å²) < 4.78 is 28.3. The van der Waals surface area contributed by atoms with Crippen molar-refractivity contribution in [2.24, 2.45) is 0 Å². The Kier molecular flexibility index (Phi) is 5.11. The second-order valence-corrected chi connectivity index (χ2v) is 6.40. The van der Waals surface area contributed by atoms with Crippen molar-refractivity contribution in [2.45, 2.75) is 4.90 Å². The number of ether oxygens (including phenoxy) is 1. The third kappa shape index (κ3) is 3.97. The third-order valence-electron chi connectivity index (χ3n) is 1.59. The van der Waals surface area contributed by atoms with E-state index in [1.54, 1.807) is 6.07 Å². The molecule has 0 saturated heterocycles. The average molecular weight is 346 g/mol. The molecule has 0 spiro atoms. The van der Waals surface area contributed by atoms with Crippen LogP contribution in [-0.4, -0.2) is 15.0 Å². The van der Waals surface area contributed by atoms with Crippen LogP contribution >= 0.6 is 38.2 Å². The monoisotopic (exact) mass is 344 g/mol. The van der Waals surface area contributed by atoms with E-state index >= 15 is 0 Å². The summed E-state index contributed by atoms with van der Waals surface area (Å²) in [5, 5.41) is 0. The molecule has 88 valence electrons. The minimum atomic E-state index is -3.83. The van der Waals surface area contributed by atoms with E-state index < -0.39 is 9.05 Å². The topological polar surface area (TPSA) is 43.4 Å². The summed E-state index contributed by atoms with van der Waals surface area (Å²) in [6.07, 6.45) is 1.54. The summed E-state index contributed by atoms with van der Waals surface area (Å²) >= 11 is 8.47. The van der Waals surface area contributed by atoms with Gasteiger partial charge in [0.25, 0.3) is 9.05 Å². The van der Waals surface area contributed by atoms with Gasteiger partial charge in [-0.05, 0) is 24.3 Å². The predicted molar refractivity (Wildman–Crippen MR) is 67.7 cm³/mol. The Balaban J connectivity index is 3.08. The highest BCUT2D eigenvalue weighted by Gasteiger charge is 2.17. The third-order valence-corrected chi connectivity index (χ3v) is 3.61. The molecule has 0 aliphatic heterocycles. The lowest BCUT2D eigenvalue weighted by Crippen LogP contribution is -2.00. The first-order valence-corrected chi connectivity index (χ1v) is 7.61. The molecule has 16 heavy (non-hydrogen) atoms. The number of halogens is 3. The first-order chi connectivity index (χ1) is 7.45. The van der Waals surface area contributed by atoms with Crippen LogP contribution < -0.4 is 4.74 Å². The Morgan fingerprint density at radius 3 is 2.69 bits per heavy atom. The minimum absolute atomic E-state index is 0.0773. The molecule has 0 unspecified atom stereocenters. The molecule has 7 heteroatoms. The summed E-state index contributed by atoms with van der Waals surface area (Å²) in [5.41, 5.74) is 1.29. The van der Waals surface area contributed by atoms with E-state index in [1.165, 1.54) is 23.7 Å². The van der Waals surface area contributed by atoms with Crippen molar-refractivity contribution in [3.63, 3.8) is 0 Å². The molecule has 3 nitrogen and oxygen atoms in total. The second-order valence-electron chi connectivity index (χ2n) is 2.70. The largest absolute Gasteiger partial charge is 0.488 e. The van der Waals surface area contributed by atoms with E-state index in [9.17, 15) is 8.42 Å². The van der Waals surface area contributed by atoms with Crippen LogP contribution in [0.4, 0.5) is 0 Å². The Morgan fingerprint density at radius 1 is 1.44 bits per heavy atom. The SMILES string of the molecule is O=S(=O)(Cl)c1cc(Br)ccc1OC/C=C/Cl. The maximum Gasteiger partial charge on any atom is 0.265 e. The van der Waals surface area contributed by atoms with Crippen molar-refractivity contribution in [3.8, 4) is 5.75 Å². The lowest BCUT2D eigenvalue weighted by molar-refractivity contribution is 0.353. The highest BCUT2D eigenvalue weighted by Crippen LogP contribution is 2.29. The van der Waals surface area contributed by atoms with Crippen molar-refractivity contribution in [3.05, 3.63) is 34.3 Å². The van der Waals surface area contributed by atoms with E-state index in [0.29, 0.717) is 4.47 Å². The van der Waals surface area contributed by atoms with Gasteiger partial charge in [-0.1, -0.05) is 27.5 Å². The molecular weight excluding hydrogens is 339 g/mol. The molecule has 0 radical (unpaired) electrons. The summed E-state index contributed by atoms with van der Waals surface area (Å²) in [5.74, 6) is 0.188. The molecule has 1 rings (SSSR count). The molecule has 0 fully saturated rings. The van der Waals surface area contributed by atoms with Gasteiger partial charge in [0.05, 0.1) is 0 Å². The lowest BCUT2D eigenvalue weighted by atomic mass is 10.3. The van der Waals surface area contributed by atoms with Crippen molar-refractivity contribution >= 4 is 47.3 Å². The molecule has 0 aliphatic rings. The van der Waals surface area contributed by atoms with Crippen molar-refractivity contribution in [1.82, 2.24) is 0 Å². The van der Waals surface area contributed by atoms with Gasteiger partial charge in [0.2, 0.25) is 0 Å². The van der Waals surface area contributed by atoms with E-state index in [1.807, 2.05) is 0 Å². The molecule has 1 aromatic carbocycles. The van der Waals surface area contributed by atoms with Crippen LogP contribution in [0.2, 0.25) is 0 Å². The van der Waals surface area contributed by atoms with Crippen LogP contribution in [0.1, 0.15) is 0 Å². The standard InChI is InChI=1S/C9H7BrCl2O3S/c10-7-2-3-8(15-5-1-4-11)9(6-7)16(12,13)14/h1-4,6H,5H2/b4-1+. The van der Waals surface area contributed by atoms with Gasteiger partial charge in [-0.25, -0.2) is 8.42 Å². The number of rotatable bonds is 4. The molecule has 0 amide bonds. The van der Waals surface area contributed by atoms with Crippen LogP contribution in [0.15, 0.2) is 39.2 Å². The van der Waals surface area contributed by atoms with Gasteiger partial charge in [0.15, 0.2) is 0 Å². The van der Waals surface area contributed by atoms with Gasteiger partial charge >= 0.3 is 0 Å². The van der Waals surface area contributed by atoms with Crippen LogP contribution in [0.3, 0.4) is 0 Å². The van der Waals surface area contributed by atoms with Crippen molar-refractivity contribution < 1.29 is 13.2 Å². The minimum Gasteiger partial charge on any atom is -0.488 e. The number of benzene rings is 1. The average Bonchev–Trinajstić information content (AvgIpc) is 2.19. The van der Waals surface area contributed by atoms with E-state index in [4.69, 9.17) is 27.0 Å². The molecule has 1 aromatic rings. The summed E-state index contributed by atoms with van der Waals surface area (Å²) in [4.78, 5) is -0.0773. The molecule has 0 aliphatic carbocycles. The van der Waals surface area contributed by atoms with Gasteiger partial charge in [-0.3, -0.25) is 0 Å². The molecule has 0 atom stereocenters. The van der Waals surface area contributed by atoms with Gasteiger partial charge < -0.3 is 4.74 Å².